The van der Waals surface area contributed by atoms with Crippen LogP contribution in [0.3, 0.4) is 0 Å². The van der Waals surface area contributed by atoms with E-state index in [9.17, 15) is 0 Å². The number of rotatable bonds is 3. The van der Waals surface area contributed by atoms with Gasteiger partial charge in [0.05, 0.1) is 11.7 Å². The van der Waals surface area contributed by atoms with Crippen LogP contribution < -0.4 is 0 Å². The molecular formula is C9H16O. The van der Waals surface area contributed by atoms with Crippen molar-refractivity contribution in [3.05, 3.63) is 0 Å². The normalized spacial score (nSPS) is 49.8. The minimum Gasteiger partial charge on any atom is -0.366 e. The molecule has 0 aromatic heterocycles. The highest BCUT2D eigenvalue weighted by Gasteiger charge is 2.70. The highest BCUT2D eigenvalue weighted by Crippen LogP contribution is 2.62. The van der Waals surface area contributed by atoms with Gasteiger partial charge in [0.15, 0.2) is 0 Å². The summed E-state index contributed by atoms with van der Waals surface area (Å²) in [5.41, 5.74) is 0.426. The molecule has 3 atom stereocenters. The SMILES string of the molecule is CCCC[C@@H]1O[C@]12C[C@@H]2C. The maximum absolute atomic E-state index is 5.63. The molecular weight excluding hydrogens is 124 g/mol. The van der Waals surface area contributed by atoms with Gasteiger partial charge in [0, 0.05) is 0 Å². The molecule has 1 heterocycles. The van der Waals surface area contributed by atoms with Gasteiger partial charge in [-0.1, -0.05) is 26.7 Å². The van der Waals surface area contributed by atoms with Crippen molar-refractivity contribution in [3.63, 3.8) is 0 Å². The summed E-state index contributed by atoms with van der Waals surface area (Å²) < 4.78 is 5.63. The maximum atomic E-state index is 5.63. The Kier molecular flexibility index (Phi) is 1.31. The van der Waals surface area contributed by atoms with Gasteiger partial charge in [-0.15, -0.1) is 0 Å². The van der Waals surface area contributed by atoms with E-state index in [0.717, 1.165) is 5.92 Å². The minimum absolute atomic E-state index is 0.426. The molecule has 0 aromatic rings. The average Bonchev–Trinajstić information content (AvgIpc) is 2.74. The highest BCUT2D eigenvalue weighted by molar-refractivity contribution is 5.18. The Morgan fingerprint density at radius 1 is 1.60 bits per heavy atom. The smallest absolute Gasteiger partial charge is 0.0978 e. The van der Waals surface area contributed by atoms with Crippen LogP contribution in [0, 0.1) is 5.92 Å². The molecule has 1 saturated heterocycles. The van der Waals surface area contributed by atoms with Crippen LogP contribution in [-0.2, 0) is 4.74 Å². The molecule has 2 fully saturated rings. The Bertz CT molecular complexity index is 144. The van der Waals surface area contributed by atoms with Crippen molar-refractivity contribution in [2.75, 3.05) is 0 Å². The second-order valence-corrected chi connectivity index (χ2v) is 3.81. The van der Waals surface area contributed by atoms with Crippen molar-refractivity contribution in [1.29, 1.82) is 0 Å². The van der Waals surface area contributed by atoms with Gasteiger partial charge in [-0.3, -0.25) is 0 Å². The van der Waals surface area contributed by atoms with Crippen molar-refractivity contribution in [1.82, 2.24) is 0 Å². The summed E-state index contributed by atoms with van der Waals surface area (Å²) in [4.78, 5) is 0. The fraction of sp³-hybridized carbons (Fsp3) is 1.00. The van der Waals surface area contributed by atoms with E-state index in [1.54, 1.807) is 0 Å². The molecule has 0 aromatic carbocycles. The van der Waals surface area contributed by atoms with Crippen LogP contribution in [0.5, 0.6) is 0 Å². The van der Waals surface area contributed by atoms with Crippen LogP contribution in [-0.4, -0.2) is 11.7 Å². The van der Waals surface area contributed by atoms with Crippen LogP contribution in [0.25, 0.3) is 0 Å². The van der Waals surface area contributed by atoms with Crippen molar-refractivity contribution in [2.45, 2.75) is 51.2 Å². The minimum atomic E-state index is 0.426. The summed E-state index contributed by atoms with van der Waals surface area (Å²) in [7, 11) is 0. The number of hydrogen-bond donors (Lipinski definition) is 0. The molecule has 1 aliphatic heterocycles. The first-order chi connectivity index (χ1) is 4.79. The average molecular weight is 140 g/mol. The first-order valence-electron chi connectivity index (χ1n) is 4.47. The van der Waals surface area contributed by atoms with Crippen LogP contribution in [0.15, 0.2) is 0 Å². The Hall–Kier alpha value is -0.0400. The van der Waals surface area contributed by atoms with Crippen LogP contribution in [0.1, 0.15) is 39.5 Å². The number of unbranched alkanes of at least 4 members (excludes halogenated alkanes) is 1. The van der Waals surface area contributed by atoms with Crippen molar-refractivity contribution in [2.24, 2.45) is 5.92 Å². The number of ether oxygens (including phenoxy) is 1. The topological polar surface area (TPSA) is 12.5 Å². The molecule has 1 saturated carbocycles. The summed E-state index contributed by atoms with van der Waals surface area (Å²) in [6.07, 6.45) is 5.95. The Morgan fingerprint density at radius 2 is 2.30 bits per heavy atom. The van der Waals surface area contributed by atoms with Crippen LogP contribution >= 0.6 is 0 Å². The lowest BCUT2D eigenvalue weighted by atomic mass is 10.1. The van der Waals surface area contributed by atoms with Gasteiger partial charge in [-0.25, -0.2) is 0 Å². The third kappa shape index (κ3) is 0.800. The lowest BCUT2D eigenvalue weighted by Crippen LogP contribution is -1.94. The first-order valence-corrected chi connectivity index (χ1v) is 4.47. The highest BCUT2D eigenvalue weighted by atomic mass is 16.6. The molecule has 0 amide bonds. The number of hydrogen-bond acceptors (Lipinski definition) is 1. The maximum Gasteiger partial charge on any atom is 0.0978 e. The van der Waals surface area contributed by atoms with E-state index >= 15 is 0 Å². The Morgan fingerprint density at radius 3 is 2.70 bits per heavy atom. The molecule has 58 valence electrons. The molecule has 1 aliphatic carbocycles. The van der Waals surface area contributed by atoms with Gasteiger partial charge in [-0.05, 0) is 18.8 Å². The molecule has 0 radical (unpaired) electrons. The van der Waals surface area contributed by atoms with Crippen molar-refractivity contribution in [3.8, 4) is 0 Å². The fourth-order valence-corrected chi connectivity index (χ4v) is 1.96. The van der Waals surface area contributed by atoms with E-state index in [1.165, 1.54) is 25.7 Å². The van der Waals surface area contributed by atoms with Gasteiger partial charge in [0.25, 0.3) is 0 Å². The van der Waals surface area contributed by atoms with Crippen molar-refractivity contribution >= 4 is 0 Å². The summed E-state index contributed by atoms with van der Waals surface area (Å²) in [6, 6.07) is 0. The third-order valence-corrected chi connectivity index (χ3v) is 2.97. The molecule has 10 heavy (non-hydrogen) atoms. The van der Waals surface area contributed by atoms with Gasteiger partial charge in [0.1, 0.15) is 0 Å². The largest absolute Gasteiger partial charge is 0.366 e. The van der Waals surface area contributed by atoms with E-state index < -0.39 is 0 Å². The summed E-state index contributed by atoms with van der Waals surface area (Å²) >= 11 is 0. The lowest BCUT2D eigenvalue weighted by molar-refractivity contribution is 0.345. The zero-order chi connectivity index (χ0) is 7.19. The molecule has 2 rings (SSSR count). The standard InChI is InChI=1S/C9H16O/c1-3-4-5-8-9(10-8)6-7(9)2/h7-8H,3-6H2,1-2H3/t7-,8-,9-/m0/s1. The lowest BCUT2D eigenvalue weighted by Gasteiger charge is -1.89. The summed E-state index contributed by atoms with van der Waals surface area (Å²) in [5, 5.41) is 0. The van der Waals surface area contributed by atoms with E-state index in [2.05, 4.69) is 13.8 Å². The van der Waals surface area contributed by atoms with Crippen LogP contribution in [0.2, 0.25) is 0 Å². The molecule has 1 nitrogen and oxygen atoms in total. The predicted octanol–water partition coefficient (Wildman–Crippen LogP) is 2.35. The number of epoxide rings is 1. The van der Waals surface area contributed by atoms with E-state index in [-0.39, 0.29) is 0 Å². The van der Waals surface area contributed by atoms with Crippen molar-refractivity contribution < 1.29 is 4.74 Å². The fourth-order valence-electron chi connectivity index (χ4n) is 1.96. The summed E-state index contributed by atoms with van der Waals surface area (Å²) in [5.74, 6) is 0.870. The monoisotopic (exact) mass is 140 g/mol. The first kappa shape index (κ1) is 6.66. The van der Waals surface area contributed by atoms with E-state index in [0.29, 0.717) is 11.7 Å². The zero-order valence-electron chi connectivity index (χ0n) is 6.89. The Balaban J connectivity index is 1.71. The molecule has 0 unspecified atom stereocenters. The molecule has 0 N–H and O–H groups in total. The molecule has 0 bridgehead atoms. The van der Waals surface area contributed by atoms with Gasteiger partial charge >= 0.3 is 0 Å². The third-order valence-electron chi connectivity index (χ3n) is 2.97. The summed E-state index contributed by atoms with van der Waals surface area (Å²) in [6.45, 7) is 4.54. The predicted molar refractivity (Wildman–Crippen MR) is 40.9 cm³/mol. The van der Waals surface area contributed by atoms with Gasteiger partial charge in [0.2, 0.25) is 0 Å². The van der Waals surface area contributed by atoms with Gasteiger partial charge < -0.3 is 4.74 Å². The van der Waals surface area contributed by atoms with Crippen LogP contribution in [0.4, 0.5) is 0 Å². The quantitative estimate of drug-likeness (QED) is 0.548. The molecule has 1 heteroatoms. The van der Waals surface area contributed by atoms with Gasteiger partial charge in [-0.2, -0.15) is 0 Å². The zero-order valence-corrected chi connectivity index (χ0v) is 6.89. The molecule has 1 spiro atoms. The van der Waals surface area contributed by atoms with E-state index in [1.807, 2.05) is 0 Å². The molecule has 2 aliphatic rings. The second kappa shape index (κ2) is 1.97. The van der Waals surface area contributed by atoms with E-state index in [4.69, 9.17) is 4.74 Å². The Labute approximate surface area is 62.8 Å². The second-order valence-electron chi connectivity index (χ2n) is 3.81.